The van der Waals surface area contributed by atoms with Crippen molar-refractivity contribution in [3.8, 4) is 0 Å². The monoisotopic (exact) mass is 334 g/mol. The van der Waals surface area contributed by atoms with Crippen LogP contribution in [0.25, 0.3) is 0 Å². The summed E-state index contributed by atoms with van der Waals surface area (Å²) in [4.78, 5) is 11.0. The average Bonchev–Trinajstić information content (AvgIpc) is 2.29. The molecular formula is C10H11BrN2O4S. The predicted molar refractivity (Wildman–Crippen MR) is 69.5 cm³/mol. The molecule has 1 saturated heterocycles. The summed E-state index contributed by atoms with van der Waals surface area (Å²) in [6.07, 6.45) is 0. The Hall–Kier alpha value is -1.12. The minimum atomic E-state index is -3.68. The molecule has 1 aromatic rings. The standard InChI is InChI=1S/C10H11BrN2O4S/c11-8-3-1-2-4-9(8)13-6-7(10(14)15)5-12-18(13,16)17/h1-4,7,12H,5-6H2,(H,14,15). The first-order valence-corrected chi connectivity index (χ1v) is 7.40. The number of nitrogens with zero attached hydrogens (tertiary/aromatic N) is 1. The summed E-state index contributed by atoms with van der Waals surface area (Å²) in [6, 6.07) is 6.77. The Bertz CT molecular complexity index is 575. The number of rotatable bonds is 2. The smallest absolute Gasteiger partial charge is 0.309 e. The molecule has 0 saturated carbocycles. The van der Waals surface area contributed by atoms with Crippen molar-refractivity contribution in [3.63, 3.8) is 0 Å². The van der Waals surface area contributed by atoms with Gasteiger partial charge >= 0.3 is 16.2 Å². The summed E-state index contributed by atoms with van der Waals surface area (Å²) in [5.74, 6) is -1.78. The topological polar surface area (TPSA) is 86.7 Å². The van der Waals surface area contributed by atoms with E-state index in [2.05, 4.69) is 20.7 Å². The number of aliphatic carboxylic acids is 1. The fraction of sp³-hybridized carbons (Fsp3) is 0.300. The molecule has 8 heteroatoms. The van der Waals surface area contributed by atoms with Crippen LogP contribution in [0.5, 0.6) is 0 Å². The van der Waals surface area contributed by atoms with Crippen molar-refractivity contribution in [3.05, 3.63) is 28.7 Å². The van der Waals surface area contributed by atoms with E-state index >= 15 is 0 Å². The molecule has 1 aliphatic rings. The number of anilines is 1. The number of halogens is 1. The van der Waals surface area contributed by atoms with Gasteiger partial charge in [-0.3, -0.25) is 9.10 Å². The van der Waals surface area contributed by atoms with E-state index in [0.717, 1.165) is 4.31 Å². The highest BCUT2D eigenvalue weighted by molar-refractivity contribution is 9.10. The molecule has 0 radical (unpaired) electrons. The van der Waals surface area contributed by atoms with Gasteiger partial charge in [-0.15, -0.1) is 0 Å². The molecule has 0 aliphatic carbocycles. The maximum atomic E-state index is 11.9. The largest absolute Gasteiger partial charge is 0.481 e. The van der Waals surface area contributed by atoms with Crippen molar-refractivity contribution < 1.29 is 18.3 Å². The number of benzene rings is 1. The third kappa shape index (κ3) is 2.50. The van der Waals surface area contributed by atoms with Crippen LogP contribution in [-0.4, -0.2) is 32.6 Å². The molecule has 6 nitrogen and oxygen atoms in total. The number of nitrogens with one attached hydrogen (secondary N) is 1. The van der Waals surface area contributed by atoms with Crippen LogP contribution in [0.1, 0.15) is 0 Å². The number of carbonyl (C=O) groups is 1. The van der Waals surface area contributed by atoms with Crippen LogP contribution in [0.2, 0.25) is 0 Å². The van der Waals surface area contributed by atoms with Crippen LogP contribution < -0.4 is 9.03 Å². The molecule has 1 heterocycles. The lowest BCUT2D eigenvalue weighted by atomic mass is 10.1. The molecule has 0 spiro atoms. The highest BCUT2D eigenvalue weighted by Gasteiger charge is 2.35. The molecule has 0 amide bonds. The summed E-state index contributed by atoms with van der Waals surface area (Å²) in [7, 11) is -3.68. The predicted octanol–water partition coefficient (Wildman–Crippen LogP) is 0.804. The van der Waals surface area contributed by atoms with E-state index in [1.54, 1.807) is 24.3 Å². The summed E-state index contributed by atoms with van der Waals surface area (Å²) in [5.41, 5.74) is 0.427. The Balaban J connectivity index is 2.39. The first-order valence-electron chi connectivity index (χ1n) is 5.16. The maximum absolute atomic E-state index is 11.9. The lowest BCUT2D eigenvalue weighted by Gasteiger charge is -2.32. The second-order valence-corrected chi connectivity index (χ2v) is 6.41. The van der Waals surface area contributed by atoms with E-state index in [-0.39, 0.29) is 13.1 Å². The van der Waals surface area contributed by atoms with Crippen LogP contribution in [0.4, 0.5) is 5.69 Å². The summed E-state index contributed by atoms with van der Waals surface area (Å²) >= 11 is 3.26. The van der Waals surface area contributed by atoms with Crippen LogP contribution >= 0.6 is 15.9 Å². The van der Waals surface area contributed by atoms with Crippen molar-refractivity contribution in [2.24, 2.45) is 5.92 Å². The van der Waals surface area contributed by atoms with Gasteiger partial charge in [-0.25, -0.2) is 0 Å². The van der Waals surface area contributed by atoms with Crippen molar-refractivity contribution >= 4 is 37.8 Å². The third-order valence-corrected chi connectivity index (χ3v) is 4.79. The summed E-state index contributed by atoms with van der Waals surface area (Å²) in [6.45, 7) is -0.161. The summed E-state index contributed by atoms with van der Waals surface area (Å²) < 4.78 is 27.7. The Morgan fingerprint density at radius 1 is 1.44 bits per heavy atom. The Morgan fingerprint density at radius 3 is 2.72 bits per heavy atom. The number of carboxylic acid groups (broad SMARTS) is 1. The summed E-state index contributed by atoms with van der Waals surface area (Å²) in [5, 5.41) is 8.97. The quantitative estimate of drug-likeness (QED) is 0.837. The zero-order valence-electron chi connectivity index (χ0n) is 9.21. The van der Waals surface area contributed by atoms with Crippen molar-refractivity contribution in [2.75, 3.05) is 17.4 Å². The van der Waals surface area contributed by atoms with Gasteiger partial charge in [-0.05, 0) is 28.1 Å². The number of hydrogen-bond donors (Lipinski definition) is 2. The lowest BCUT2D eigenvalue weighted by Crippen LogP contribution is -2.53. The fourth-order valence-electron chi connectivity index (χ4n) is 1.69. The van der Waals surface area contributed by atoms with Crippen molar-refractivity contribution in [1.82, 2.24) is 4.72 Å². The normalized spacial score (nSPS) is 22.7. The van der Waals surface area contributed by atoms with E-state index in [4.69, 9.17) is 5.11 Å². The van der Waals surface area contributed by atoms with Gasteiger partial charge in [0.1, 0.15) is 0 Å². The molecule has 1 atom stereocenters. The first kappa shape index (κ1) is 13.3. The molecule has 98 valence electrons. The van der Waals surface area contributed by atoms with E-state index in [1.807, 2.05) is 0 Å². The van der Waals surface area contributed by atoms with E-state index in [0.29, 0.717) is 10.2 Å². The Labute approximate surface area is 113 Å². The van der Waals surface area contributed by atoms with Gasteiger partial charge in [-0.1, -0.05) is 12.1 Å². The minimum Gasteiger partial charge on any atom is -0.481 e. The van der Waals surface area contributed by atoms with Gasteiger partial charge in [-0.2, -0.15) is 13.1 Å². The van der Waals surface area contributed by atoms with Crippen LogP contribution in [-0.2, 0) is 15.0 Å². The van der Waals surface area contributed by atoms with Crippen LogP contribution in [0, 0.1) is 5.92 Å². The van der Waals surface area contributed by atoms with Gasteiger partial charge in [0, 0.05) is 17.6 Å². The average molecular weight is 335 g/mol. The molecule has 1 aliphatic heterocycles. The van der Waals surface area contributed by atoms with Gasteiger partial charge in [0.15, 0.2) is 0 Å². The second-order valence-electron chi connectivity index (χ2n) is 3.87. The zero-order chi connectivity index (χ0) is 13.3. The van der Waals surface area contributed by atoms with Crippen LogP contribution in [0.3, 0.4) is 0 Å². The van der Waals surface area contributed by atoms with Gasteiger partial charge in [0.2, 0.25) is 0 Å². The second kappa shape index (κ2) is 4.87. The molecule has 2 N–H and O–H groups in total. The van der Waals surface area contributed by atoms with Gasteiger partial charge in [0.05, 0.1) is 11.6 Å². The molecule has 0 bridgehead atoms. The number of hydrogen-bond acceptors (Lipinski definition) is 3. The van der Waals surface area contributed by atoms with Crippen molar-refractivity contribution in [1.29, 1.82) is 0 Å². The molecule has 0 aromatic heterocycles. The fourth-order valence-corrected chi connectivity index (χ4v) is 3.67. The van der Waals surface area contributed by atoms with Crippen LogP contribution in [0.15, 0.2) is 28.7 Å². The van der Waals surface area contributed by atoms with Gasteiger partial charge in [0.25, 0.3) is 0 Å². The lowest BCUT2D eigenvalue weighted by molar-refractivity contribution is -0.141. The van der Waals surface area contributed by atoms with E-state index in [1.165, 1.54) is 0 Å². The van der Waals surface area contributed by atoms with Crippen molar-refractivity contribution in [2.45, 2.75) is 0 Å². The van der Waals surface area contributed by atoms with E-state index in [9.17, 15) is 13.2 Å². The molecular weight excluding hydrogens is 324 g/mol. The first-order chi connectivity index (χ1) is 8.42. The molecule has 1 fully saturated rings. The Kier molecular flexibility index (Phi) is 3.60. The molecule has 2 rings (SSSR count). The Morgan fingerprint density at radius 2 is 2.11 bits per heavy atom. The molecule has 1 aromatic carbocycles. The highest BCUT2D eigenvalue weighted by Crippen LogP contribution is 2.29. The van der Waals surface area contributed by atoms with Gasteiger partial charge < -0.3 is 5.11 Å². The zero-order valence-corrected chi connectivity index (χ0v) is 11.6. The number of para-hydroxylation sites is 1. The minimum absolute atomic E-state index is 0.0761. The molecule has 18 heavy (non-hydrogen) atoms. The number of carboxylic acids is 1. The molecule has 1 unspecified atom stereocenters. The third-order valence-electron chi connectivity index (χ3n) is 2.66. The SMILES string of the molecule is O=C(O)C1CNS(=O)(=O)N(c2ccccc2Br)C1. The van der Waals surface area contributed by atoms with E-state index < -0.39 is 22.1 Å². The maximum Gasteiger partial charge on any atom is 0.309 e. The highest BCUT2D eigenvalue weighted by atomic mass is 79.9.